The summed E-state index contributed by atoms with van der Waals surface area (Å²) in [4.78, 5) is 8.51. The Morgan fingerprint density at radius 2 is 2.11 bits per heavy atom. The lowest BCUT2D eigenvalue weighted by Gasteiger charge is -2.15. The SMILES string of the molecule is OC[C@@H](CNc1ccc(Br)cn1)Cc1ccccn1. The van der Waals surface area contributed by atoms with Crippen LogP contribution in [0.5, 0.6) is 0 Å². The minimum Gasteiger partial charge on any atom is -0.396 e. The van der Waals surface area contributed by atoms with E-state index in [9.17, 15) is 5.11 Å². The Hall–Kier alpha value is -1.46. The zero-order valence-electron chi connectivity index (χ0n) is 10.5. The van der Waals surface area contributed by atoms with Crippen molar-refractivity contribution in [1.29, 1.82) is 0 Å². The molecule has 0 bridgehead atoms. The first-order valence-corrected chi connectivity index (χ1v) is 6.93. The van der Waals surface area contributed by atoms with Crippen molar-refractivity contribution < 1.29 is 5.11 Å². The molecule has 4 nitrogen and oxygen atoms in total. The van der Waals surface area contributed by atoms with Crippen LogP contribution < -0.4 is 5.32 Å². The van der Waals surface area contributed by atoms with Crippen molar-refractivity contribution in [2.45, 2.75) is 6.42 Å². The van der Waals surface area contributed by atoms with Crippen LogP contribution in [0.2, 0.25) is 0 Å². The van der Waals surface area contributed by atoms with Gasteiger partial charge in [-0.1, -0.05) is 6.07 Å². The van der Waals surface area contributed by atoms with Gasteiger partial charge in [-0.3, -0.25) is 4.98 Å². The van der Waals surface area contributed by atoms with E-state index in [2.05, 4.69) is 31.2 Å². The van der Waals surface area contributed by atoms with Gasteiger partial charge >= 0.3 is 0 Å². The number of rotatable bonds is 6. The van der Waals surface area contributed by atoms with Crippen molar-refractivity contribution in [3.63, 3.8) is 0 Å². The van der Waals surface area contributed by atoms with E-state index in [0.717, 1.165) is 22.4 Å². The van der Waals surface area contributed by atoms with Gasteiger partial charge in [-0.2, -0.15) is 0 Å². The molecule has 2 aromatic rings. The first-order chi connectivity index (χ1) is 9.28. The number of hydrogen-bond donors (Lipinski definition) is 2. The Morgan fingerprint density at radius 3 is 2.74 bits per heavy atom. The molecular formula is C14H16BrN3O. The molecule has 0 aliphatic carbocycles. The van der Waals surface area contributed by atoms with Gasteiger partial charge in [0.1, 0.15) is 5.82 Å². The average Bonchev–Trinajstić information content (AvgIpc) is 2.46. The molecule has 1 atom stereocenters. The highest BCUT2D eigenvalue weighted by molar-refractivity contribution is 9.10. The minimum absolute atomic E-state index is 0.125. The van der Waals surface area contributed by atoms with Crippen molar-refractivity contribution in [1.82, 2.24) is 9.97 Å². The molecule has 0 aliphatic rings. The quantitative estimate of drug-likeness (QED) is 0.858. The molecule has 0 radical (unpaired) electrons. The van der Waals surface area contributed by atoms with Crippen LogP contribution in [0.4, 0.5) is 5.82 Å². The summed E-state index contributed by atoms with van der Waals surface area (Å²) in [7, 11) is 0. The van der Waals surface area contributed by atoms with Gasteiger partial charge in [-0.15, -0.1) is 0 Å². The molecule has 100 valence electrons. The number of aliphatic hydroxyl groups excluding tert-OH is 1. The molecule has 5 heteroatoms. The lowest BCUT2D eigenvalue weighted by Crippen LogP contribution is -2.21. The highest BCUT2D eigenvalue weighted by Gasteiger charge is 2.09. The summed E-state index contributed by atoms with van der Waals surface area (Å²) in [5.41, 5.74) is 0.993. The van der Waals surface area contributed by atoms with Crippen LogP contribution in [0, 0.1) is 5.92 Å². The molecular weight excluding hydrogens is 306 g/mol. The van der Waals surface area contributed by atoms with Gasteiger partial charge in [-0.25, -0.2) is 4.98 Å². The number of nitrogens with zero attached hydrogens (tertiary/aromatic N) is 2. The fraction of sp³-hybridized carbons (Fsp3) is 0.286. The molecule has 2 N–H and O–H groups in total. The van der Waals surface area contributed by atoms with Crippen LogP contribution in [0.3, 0.4) is 0 Å². The first kappa shape index (κ1) is 14.0. The van der Waals surface area contributed by atoms with E-state index in [1.54, 1.807) is 12.4 Å². The molecule has 0 spiro atoms. The van der Waals surface area contributed by atoms with Crippen LogP contribution in [-0.2, 0) is 6.42 Å². The van der Waals surface area contributed by atoms with E-state index in [4.69, 9.17) is 0 Å². The summed E-state index contributed by atoms with van der Waals surface area (Å²) in [6.07, 6.45) is 4.27. The van der Waals surface area contributed by atoms with E-state index in [-0.39, 0.29) is 12.5 Å². The van der Waals surface area contributed by atoms with Crippen molar-refractivity contribution in [3.05, 3.63) is 52.9 Å². The molecule has 0 saturated heterocycles. The highest BCUT2D eigenvalue weighted by Crippen LogP contribution is 2.12. The number of aromatic nitrogens is 2. The number of aliphatic hydroxyl groups is 1. The molecule has 0 unspecified atom stereocenters. The number of halogens is 1. The van der Waals surface area contributed by atoms with E-state index >= 15 is 0 Å². The summed E-state index contributed by atoms with van der Waals surface area (Å²) in [6.45, 7) is 0.793. The fourth-order valence-corrected chi connectivity index (χ4v) is 1.98. The second-order valence-electron chi connectivity index (χ2n) is 4.32. The van der Waals surface area contributed by atoms with Gasteiger partial charge in [0.05, 0.1) is 0 Å². The van der Waals surface area contributed by atoms with Gasteiger partial charge in [-0.05, 0) is 46.6 Å². The second-order valence-corrected chi connectivity index (χ2v) is 5.23. The third-order valence-electron chi connectivity index (χ3n) is 2.78. The van der Waals surface area contributed by atoms with Crippen LogP contribution >= 0.6 is 15.9 Å². The van der Waals surface area contributed by atoms with Crippen LogP contribution in [0.1, 0.15) is 5.69 Å². The van der Waals surface area contributed by atoms with Crippen LogP contribution in [0.25, 0.3) is 0 Å². The van der Waals surface area contributed by atoms with Gasteiger partial charge in [0.15, 0.2) is 0 Å². The van der Waals surface area contributed by atoms with Crippen LogP contribution in [0.15, 0.2) is 47.2 Å². The van der Waals surface area contributed by atoms with Gasteiger partial charge in [0, 0.05) is 41.6 Å². The third-order valence-corrected chi connectivity index (χ3v) is 3.25. The number of hydrogen-bond acceptors (Lipinski definition) is 4. The normalized spacial score (nSPS) is 12.1. The van der Waals surface area contributed by atoms with E-state index in [0.29, 0.717) is 6.54 Å². The molecule has 2 heterocycles. The summed E-state index contributed by atoms with van der Waals surface area (Å²) in [5.74, 6) is 0.933. The first-order valence-electron chi connectivity index (χ1n) is 6.14. The maximum Gasteiger partial charge on any atom is 0.125 e. The van der Waals surface area contributed by atoms with Gasteiger partial charge in [0.2, 0.25) is 0 Å². The smallest absolute Gasteiger partial charge is 0.125 e. The number of pyridine rings is 2. The highest BCUT2D eigenvalue weighted by atomic mass is 79.9. The molecule has 0 aromatic carbocycles. The number of nitrogens with one attached hydrogen (secondary N) is 1. The summed E-state index contributed by atoms with van der Waals surface area (Å²) >= 11 is 3.34. The van der Waals surface area contributed by atoms with E-state index < -0.39 is 0 Å². The molecule has 2 rings (SSSR count). The molecule has 0 amide bonds. The molecule has 19 heavy (non-hydrogen) atoms. The Bertz CT molecular complexity index is 490. The summed E-state index contributed by atoms with van der Waals surface area (Å²) in [6, 6.07) is 9.66. The molecule has 0 fully saturated rings. The number of anilines is 1. The Morgan fingerprint density at radius 1 is 1.21 bits per heavy atom. The average molecular weight is 322 g/mol. The lowest BCUT2D eigenvalue weighted by molar-refractivity contribution is 0.232. The summed E-state index contributed by atoms with van der Waals surface area (Å²) in [5, 5.41) is 12.6. The molecule has 0 saturated carbocycles. The van der Waals surface area contributed by atoms with Gasteiger partial charge < -0.3 is 10.4 Å². The zero-order valence-corrected chi connectivity index (χ0v) is 12.0. The maximum atomic E-state index is 9.41. The predicted molar refractivity (Wildman–Crippen MR) is 78.9 cm³/mol. The molecule has 2 aromatic heterocycles. The van der Waals surface area contributed by atoms with Crippen molar-refractivity contribution in [2.75, 3.05) is 18.5 Å². The predicted octanol–water partition coefficient (Wildman–Crippen LogP) is 2.50. The largest absolute Gasteiger partial charge is 0.396 e. The van der Waals surface area contributed by atoms with E-state index in [1.807, 2.05) is 30.3 Å². The Balaban J connectivity index is 1.87. The van der Waals surface area contributed by atoms with Crippen molar-refractivity contribution in [2.24, 2.45) is 5.92 Å². The second kappa shape index (κ2) is 7.21. The topological polar surface area (TPSA) is 58.0 Å². The Kier molecular flexibility index (Phi) is 5.30. The summed E-state index contributed by atoms with van der Waals surface area (Å²) < 4.78 is 0.949. The maximum absolute atomic E-state index is 9.41. The fourth-order valence-electron chi connectivity index (χ4n) is 1.75. The van der Waals surface area contributed by atoms with Crippen LogP contribution in [-0.4, -0.2) is 28.2 Å². The third kappa shape index (κ3) is 4.61. The minimum atomic E-state index is 0.125. The Labute approximate surface area is 121 Å². The molecule has 0 aliphatic heterocycles. The lowest BCUT2D eigenvalue weighted by atomic mass is 10.0. The van der Waals surface area contributed by atoms with E-state index in [1.165, 1.54) is 0 Å². The van der Waals surface area contributed by atoms with Crippen molar-refractivity contribution >= 4 is 21.7 Å². The zero-order chi connectivity index (χ0) is 13.5. The van der Waals surface area contributed by atoms with Crippen molar-refractivity contribution in [3.8, 4) is 0 Å². The standard InChI is InChI=1S/C14H16BrN3O/c15-12-4-5-14(18-9-12)17-8-11(10-19)7-13-3-1-2-6-16-13/h1-6,9,11,19H,7-8,10H2,(H,17,18)/t11-/m1/s1. The monoisotopic (exact) mass is 321 g/mol. The van der Waals surface area contributed by atoms with Gasteiger partial charge in [0.25, 0.3) is 0 Å².